The number of nitrogens with two attached hydrogens (primary N) is 1. The second-order valence-electron chi connectivity index (χ2n) is 13.8. The van der Waals surface area contributed by atoms with Gasteiger partial charge in [0.1, 0.15) is 30.1 Å². The van der Waals surface area contributed by atoms with Crippen LogP contribution in [0.2, 0.25) is 10.0 Å². The first-order valence-electron chi connectivity index (χ1n) is 19.0. The Kier molecular flexibility index (Phi) is 22.9. The molecule has 2 unspecified atom stereocenters. The van der Waals surface area contributed by atoms with Crippen LogP contribution in [0.1, 0.15) is 37.5 Å². The number of fused-ring (bicyclic) bond motifs is 1. The highest BCUT2D eigenvalue weighted by molar-refractivity contribution is 7.51. The Labute approximate surface area is 401 Å². The number of ether oxygens (including phenoxy) is 2. The molecule has 2 atom stereocenters. The number of aromatic nitrogens is 2. The lowest BCUT2D eigenvalue weighted by molar-refractivity contribution is -0.383. The van der Waals surface area contributed by atoms with Crippen molar-refractivity contribution >= 4 is 106 Å². The van der Waals surface area contributed by atoms with E-state index in [1.54, 1.807) is 16.9 Å². The van der Waals surface area contributed by atoms with Crippen molar-refractivity contribution < 1.29 is 61.4 Å². The third kappa shape index (κ3) is 16.7. The van der Waals surface area contributed by atoms with Crippen molar-refractivity contribution in [2.75, 3.05) is 54.6 Å². The topological polar surface area (TPSA) is 253 Å². The first kappa shape index (κ1) is 57.7. The van der Waals surface area contributed by atoms with Crippen LogP contribution in [-0.4, -0.2) is 103 Å². The van der Waals surface area contributed by atoms with E-state index in [4.69, 9.17) is 88.1 Å². The summed E-state index contributed by atoms with van der Waals surface area (Å²) in [5.41, 5.74) is 7.71. The zero-order valence-corrected chi connectivity index (χ0v) is 40.3. The van der Waals surface area contributed by atoms with E-state index in [1.807, 2.05) is 57.2 Å². The highest BCUT2D eigenvalue weighted by Crippen LogP contribution is 2.39. The number of carboxylic acids is 1. The van der Waals surface area contributed by atoms with Gasteiger partial charge in [-0.05, 0) is 62.6 Å². The molecule has 18 nitrogen and oxygen atoms in total. The molecule has 2 heterocycles. The van der Waals surface area contributed by atoms with Gasteiger partial charge in [-0.1, -0.05) is 83.7 Å². The van der Waals surface area contributed by atoms with Crippen LogP contribution < -0.4 is 25.6 Å². The van der Waals surface area contributed by atoms with Gasteiger partial charge in [0.05, 0.1) is 63.4 Å². The van der Waals surface area contributed by atoms with Gasteiger partial charge in [-0.15, -0.1) is 11.6 Å². The fourth-order valence-electron chi connectivity index (χ4n) is 5.97. The molecule has 1 aromatic heterocycles. The van der Waals surface area contributed by atoms with Crippen molar-refractivity contribution in [2.24, 2.45) is 0 Å². The summed E-state index contributed by atoms with van der Waals surface area (Å²) < 4.78 is 59.4. The zero-order chi connectivity index (χ0) is 50.3. The molecule has 0 spiro atoms. The highest BCUT2D eigenvalue weighted by Gasteiger charge is 2.34. The van der Waals surface area contributed by atoms with E-state index in [0.717, 1.165) is 39.8 Å². The summed E-state index contributed by atoms with van der Waals surface area (Å²) in [7, 11) is -2.46. The van der Waals surface area contributed by atoms with Crippen molar-refractivity contribution in [3.63, 3.8) is 0 Å². The predicted octanol–water partition coefficient (Wildman–Crippen LogP) is 8.25. The number of aryl methyl sites for hydroxylation is 2. The number of rotatable bonds is 13. The van der Waals surface area contributed by atoms with E-state index in [9.17, 15) is 42.2 Å². The number of carbonyl (C=O) groups is 3. The van der Waals surface area contributed by atoms with Crippen LogP contribution in [0.25, 0.3) is 5.69 Å². The van der Waals surface area contributed by atoms with Crippen LogP contribution in [0, 0.1) is 17.0 Å². The summed E-state index contributed by atoms with van der Waals surface area (Å²) in [6, 6.07) is 14.6. The van der Waals surface area contributed by atoms with Crippen LogP contribution >= 0.6 is 65.6 Å². The van der Waals surface area contributed by atoms with Crippen LogP contribution in [0.15, 0.2) is 60.8 Å². The van der Waals surface area contributed by atoms with Crippen molar-refractivity contribution in [1.82, 2.24) is 15.1 Å². The van der Waals surface area contributed by atoms with Gasteiger partial charge in [-0.25, -0.2) is 4.68 Å². The van der Waals surface area contributed by atoms with E-state index in [0.29, 0.717) is 31.1 Å². The molecule has 1 aliphatic heterocycles. The van der Waals surface area contributed by atoms with Gasteiger partial charge in [-0.2, -0.15) is 18.3 Å². The number of carbonyl (C=O) groups excluding carboxylic acids is 2. The van der Waals surface area contributed by atoms with Crippen molar-refractivity contribution in [3.05, 3.63) is 97.6 Å². The number of anilines is 3. The van der Waals surface area contributed by atoms with Crippen LogP contribution in [0.5, 0.6) is 5.75 Å². The Bertz CT molecular complexity index is 2340. The summed E-state index contributed by atoms with van der Waals surface area (Å²) in [6.07, 6.45) is -3.50. The smallest absolute Gasteiger partial charge is 0.416 e. The molecule has 0 radical (unpaired) electrons. The lowest BCUT2D eigenvalue weighted by Crippen LogP contribution is -2.47. The van der Waals surface area contributed by atoms with Crippen LogP contribution in [0.3, 0.4) is 0 Å². The normalized spacial score (nSPS) is 13.6. The van der Waals surface area contributed by atoms with E-state index in [1.165, 1.54) is 0 Å². The number of amides is 2. The third-order valence-corrected chi connectivity index (χ3v) is 10.6. The van der Waals surface area contributed by atoms with Gasteiger partial charge in [0.25, 0.3) is 5.91 Å². The van der Waals surface area contributed by atoms with Crippen LogP contribution in [0.4, 0.5) is 36.1 Å². The molecule has 1 aliphatic rings. The average Bonchev–Trinajstić information content (AvgIpc) is 3.61. The third-order valence-electron chi connectivity index (χ3n) is 8.78. The first-order valence-corrected chi connectivity index (χ1v) is 23.0. The Morgan fingerprint density at radius 2 is 1.74 bits per heavy atom. The molecule has 364 valence electrons. The molecule has 4 aromatic rings. The van der Waals surface area contributed by atoms with Crippen molar-refractivity contribution in [3.8, 4) is 11.4 Å². The Hall–Kier alpha value is -4.41. The van der Waals surface area contributed by atoms with E-state index < -0.39 is 59.4 Å². The molecular formula is C39H46Cl5F3N7O11P. The molecule has 0 saturated heterocycles. The number of nitro groups is 1. The lowest BCUT2D eigenvalue weighted by atomic mass is 10.0. The number of nitrogens with zero attached hydrogens (tertiary/aromatic N) is 5. The molecule has 3 aromatic carbocycles. The Balaban J connectivity index is 0.000000311. The molecule has 0 saturated carbocycles. The van der Waals surface area contributed by atoms with E-state index in [2.05, 4.69) is 23.4 Å². The van der Waals surface area contributed by atoms with Crippen molar-refractivity contribution in [2.45, 2.75) is 57.2 Å². The number of carboxylic acid groups (broad SMARTS) is 1. The highest BCUT2D eigenvalue weighted by atomic mass is 35.5. The SMILES string of the molecule is CC1COc2ccccc2N1C(=O)C(Cl)Cl.CCc1cccc(C)c1N(C(=O)CCl)C(C)COC.Nc1c([N+](=O)[O-])cnn1-c1c(Cl)cc(C(F)(F)F)cc1Cl.O=C(O)CNCP(=O)(O)O. The van der Waals surface area contributed by atoms with E-state index in [-0.39, 0.29) is 45.5 Å². The predicted molar refractivity (Wildman–Crippen MR) is 247 cm³/mol. The monoisotopic (exact) mass is 1050 g/mol. The summed E-state index contributed by atoms with van der Waals surface area (Å²) >= 11 is 28.5. The minimum absolute atomic E-state index is 0.0223. The Morgan fingerprint density at radius 1 is 1.14 bits per heavy atom. The van der Waals surface area contributed by atoms with Gasteiger partial charge in [0.2, 0.25) is 11.7 Å². The number of methoxy groups -OCH3 is 1. The number of nitrogens with one attached hydrogen (secondary N) is 1. The van der Waals surface area contributed by atoms with E-state index >= 15 is 0 Å². The van der Waals surface area contributed by atoms with Gasteiger partial charge >= 0.3 is 25.4 Å². The van der Waals surface area contributed by atoms with Gasteiger partial charge in [0, 0.05) is 7.11 Å². The molecule has 5 rings (SSSR count). The van der Waals surface area contributed by atoms with Crippen LogP contribution in [-0.2, 0) is 36.3 Å². The first-order chi connectivity index (χ1) is 30.7. The number of halogens is 8. The number of para-hydroxylation sites is 3. The summed E-state index contributed by atoms with van der Waals surface area (Å²) in [5, 5.41) is 23.6. The number of alkyl halides is 6. The summed E-state index contributed by atoms with van der Waals surface area (Å²) in [6.45, 7) is 8.46. The summed E-state index contributed by atoms with van der Waals surface area (Å²) in [4.78, 5) is 62.4. The molecule has 0 aliphatic carbocycles. The minimum atomic E-state index is -4.63. The fraction of sp³-hybridized carbons (Fsp3) is 0.385. The molecular weight excluding hydrogens is 1010 g/mol. The second-order valence-corrected chi connectivity index (χ2v) is 17.6. The number of nitrogen functional groups attached to an aromatic ring is 1. The van der Waals surface area contributed by atoms with Gasteiger partial charge in [0.15, 0.2) is 4.84 Å². The molecule has 66 heavy (non-hydrogen) atoms. The average molecular weight is 1050 g/mol. The quantitative estimate of drug-likeness (QED) is 0.0366. The molecule has 6 N–H and O–H groups in total. The largest absolute Gasteiger partial charge is 0.489 e. The minimum Gasteiger partial charge on any atom is -0.489 e. The Morgan fingerprint density at radius 3 is 2.23 bits per heavy atom. The molecule has 0 bridgehead atoms. The molecule has 27 heteroatoms. The van der Waals surface area contributed by atoms with Gasteiger partial charge < -0.3 is 39.9 Å². The summed E-state index contributed by atoms with van der Waals surface area (Å²) in [5.74, 6) is -1.28. The second kappa shape index (κ2) is 26.2. The van der Waals surface area contributed by atoms with Gasteiger partial charge in [-0.3, -0.25) is 34.4 Å². The number of hydrogen-bond donors (Lipinski definition) is 5. The number of benzene rings is 3. The molecule has 2 amide bonds. The number of aliphatic carboxylic acids is 1. The maximum absolute atomic E-state index is 12.6. The fourth-order valence-corrected chi connectivity index (χ4v) is 7.36. The molecule has 0 fully saturated rings. The lowest BCUT2D eigenvalue weighted by Gasteiger charge is -2.35. The standard InChI is InChI=1S/C15H22ClNO2.C11H11Cl2NO2.C10H5Cl2F3N4O2.C3H8NO5P/c1-5-13-8-6-7-11(2)15(13)17(14(18)9-16)12(3)10-19-4;1-7-6-16-9-5-3-2-4-8(9)14(7)11(15)10(12)13;11-5-1-4(10(13,14)15)2-6(12)8(5)18-9(16)7(3-17-18)19(20)21;5-3(6)1-4-2-10(7,8)9/h6-8,12H,5,9-10H2,1-4H3;2-5,7,10H,6H2,1H3;1-3H,16H2;4H,1-2H2,(H,5,6)(H2,7,8,9). The number of hydrogen-bond acceptors (Lipinski definition) is 11. The zero-order valence-electron chi connectivity index (χ0n) is 35.6. The maximum Gasteiger partial charge on any atom is 0.416 e. The van der Waals surface area contributed by atoms with Crippen molar-refractivity contribution in [1.29, 1.82) is 0 Å². The maximum atomic E-state index is 12.6.